The number of nitrogens with zero attached hydrogens (tertiary/aromatic N) is 2. The molecular formula is C51H38N2. The summed E-state index contributed by atoms with van der Waals surface area (Å²) in [7, 11) is 0. The Morgan fingerprint density at radius 2 is 0.830 bits per heavy atom. The molecule has 10 rings (SSSR count). The minimum Gasteiger partial charge on any atom is -0.310 e. The van der Waals surface area contributed by atoms with Gasteiger partial charge in [0.15, 0.2) is 0 Å². The van der Waals surface area contributed by atoms with Crippen LogP contribution in [0.5, 0.6) is 0 Å². The van der Waals surface area contributed by atoms with E-state index in [1.807, 2.05) is 0 Å². The van der Waals surface area contributed by atoms with E-state index in [0.29, 0.717) is 0 Å². The highest BCUT2D eigenvalue weighted by Crippen LogP contribution is 2.52. The van der Waals surface area contributed by atoms with E-state index >= 15 is 0 Å². The third-order valence-corrected chi connectivity index (χ3v) is 11.2. The van der Waals surface area contributed by atoms with Gasteiger partial charge in [0.2, 0.25) is 0 Å². The molecule has 2 nitrogen and oxygen atoms in total. The Labute approximate surface area is 310 Å². The molecule has 1 aromatic heterocycles. The summed E-state index contributed by atoms with van der Waals surface area (Å²) < 4.78 is 2.40. The highest BCUT2D eigenvalue weighted by atomic mass is 15.2. The summed E-state index contributed by atoms with van der Waals surface area (Å²) >= 11 is 0. The van der Waals surface area contributed by atoms with E-state index in [4.69, 9.17) is 0 Å². The smallest absolute Gasteiger partial charge is 0.0541 e. The standard InChI is InChI=1S/C51H38N2/c1-51(2)45-18-10-12-20-49(45)53(42-29-23-38(24-30-42)36-15-7-4-8-16-36)50-32-26-40(34-46(50)51)39-25-31-48-44(33-39)43-17-9-11-19-47(43)52(48)41-27-21-37(22-28-41)35-13-5-3-6-14-35/h3-34H,1-2H3. The van der Waals surface area contributed by atoms with E-state index in [0.717, 1.165) is 11.4 Å². The van der Waals surface area contributed by atoms with E-state index in [-0.39, 0.29) is 5.41 Å². The van der Waals surface area contributed by atoms with Crippen LogP contribution in [-0.2, 0) is 5.41 Å². The monoisotopic (exact) mass is 678 g/mol. The van der Waals surface area contributed by atoms with Crippen LogP contribution in [0.15, 0.2) is 194 Å². The van der Waals surface area contributed by atoms with Gasteiger partial charge in [-0.25, -0.2) is 0 Å². The van der Waals surface area contributed by atoms with Gasteiger partial charge in [-0.15, -0.1) is 0 Å². The fourth-order valence-corrected chi connectivity index (χ4v) is 8.46. The fourth-order valence-electron chi connectivity index (χ4n) is 8.46. The molecule has 1 aliphatic rings. The number of fused-ring (bicyclic) bond motifs is 5. The molecule has 9 aromatic rings. The van der Waals surface area contributed by atoms with E-state index in [2.05, 4.69) is 217 Å². The number of benzene rings is 8. The summed E-state index contributed by atoms with van der Waals surface area (Å²) in [5.41, 5.74) is 17.0. The molecule has 0 radical (unpaired) electrons. The normalized spacial score (nSPS) is 13.2. The quantitative estimate of drug-likeness (QED) is 0.176. The molecule has 0 spiro atoms. The molecule has 0 atom stereocenters. The summed E-state index contributed by atoms with van der Waals surface area (Å²) in [5, 5.41) is 2.52. The molecule has 0 unspecified atom stereocenters. The fraction of sp³-hybridized carbons (Fsp3) is 0.0588. The first kappa shape index (κ1) is 31.1. The summed E-state index contributed by atoms with van der Waals surface area (Å²) in [6, 6.07) is 70.8. The van der Waals surface area contributed by atoms with Crippen LogP contribution in [0.2, 0.25) is 0 Å². The number of para-hydroxylation sites is 2. The minimum atomic E-state index is -0.186. The molecule has 8 aromatic carbocycles. The SMILES string of the molecule is CC1(C)c2ccccc2N(c2ccc(-c3ccccc3)cc2)c2ccc(-c3ccc4c(c3)c3ccccc3n4-c3ccc(-c4ccccc4)cc3)cc21. The summed E-state index contributed by atoms with van der Waals surface area (Å²) in [6.45, 7) is 4.73. The van der Waals surface area contributed by atoms with E-state index in [9.17, 15) is 0 Å². The van der Waals surface area contributed by atoms with Gasteiger partial charge in [0.1, 0.15) is 0 Å². The van der Waals surface area contributed by atoms with Crippen molar-refractivity contribution in [2.45, 2.75) is 19.3 Å². The zero-order chi connectivity index (χ0) is 35.5. The molecule has 1 aliphatic heterocycles. The molecule has 252 valence electrons. The average Bonchev–Trinajstić information content (AvgIpc) is 3.55. The summed E-state index contributed by atoms with van der Waals surface area (Å²) in [4.78, 5) is 2.44. The Kier molecular flexibility index (Phi) is 7.19. The van der Waals surface area contributed by atoms with Crippen LogP contribution in [0, 0.1) is 0 Å². The third kappa shape index (κ3) is 5.10. The number of hydrogen-bond acceptors (Lipinski definition) is 1. The first-order valence-corrected chi connectivity index (χ1v) is 18.4. The van der Waals surface area contributed by atoms with Crippen LogP contribution in [0.3, 0.4) is 0 Å². The van der Waals surface area contributed by atoms with Gasteiger partial charge in [-0.05, 0) is 105 Å². The van der Waals surface area contributed by atoms with Crippen LogP contribution in [0.4, 0.5) is 17.1 Å². The van der Waals surface area contributed by atoms with Crippen molar-refractivity contribution in [2.75, 3.05) is 4.90 Å². The molecule has 0 saturated heterocycles. The first-order chi connectivity index (χ1) is 26.0. The van der Waals surface area contributed by atoms with Gasteiger partial charge >= 0.3 is 0 Å². The second kappa shape index (κ2) is 12.3. The molecule has 2 heterocycles. The van der Waals surface area contributed by atoms with Gasteiger partial charge in [0.05, 0.1) is 22.4 Å². The molecule has 0 amide bonds. The van der Waals surface area contributed by atoms with Gasteiger partial charge in [-0.2, -0.15) is 0 Å². The third-order valence-electron chi connectivity index (χ3n) is 11.2. The van der Waals surface area contributed by atoms with Gasteiger partial charge in [0, 0.05) is 27.6 Å². The Morgan fingerprint density at radius 3 is 1.53 bits per heavy atom. The lowest BCUT2D eigenvalue weighted by molar-refractivity contribution is 0.632. The van der Waals surface area contributed by atoms with E-state index < -0.39 is 0 Å². The Bertz CT molecular complexity index is 2770. The molecule has 0 bridgehead atoms. The Morgan fingerprint density at radius 1 is 0.340 bits per heavy atom. The maximum absolute atomic E-state index is 2.44. The molecular weight excluding hydrogens is 641 g/mol. The van der Waals surface area contributed by atoms with Crippen molar-refractivity contribution in [3.05, 3.63) is 205 Å². The lowest BCUT2D eigenvalue weighted by Gasteiger charge is -2.42. The Balaban J connectivity index is 1.08. The van der Waals surface area contributed by atoms with Crippen molar-refractivity contribution in [3.8, 4) is 39.1 Å². The largest absolute Gasteiger partial charge is 0.310 e. The molecule has 0 N–H and O–H groups in total. The summed E-state index contributed by atoms with van der Waals surface area (Å²) in [6.07, 6.45) is 0. The molecule has 53 heavy (non-hydrogen) atoms. The van der Waals surface area contributed by atoms with Gasteiger partial charge < -0.3 is 9.47 Å². The second-order valence-electron chi connectivity index (χ2n) is 14.6. The van der Waals surface area contributed by atoms with Gasteiger partial charge in [-0.1, -0.05) is 147 Å². The summed E-state index contributed by atoms with van der Waals surface area (Å²) in [5.74, 6) is 0. The highest BCUT2D eigenvalue weighted by Gasteiger charge is 2.37. The van der Waals surface area contributed by atoms with Crippen molar-refractivity contribution < 1.29 is 0 Å². The molecule has 2 heteroatoms. The first-order valence-electron chi connectivity index (χ1n) is 18.4. The maximum atomic E-state index is 2.44. The van der Waals surface area contributed by atoms with Gasteiger partial charge in [-0.3, -0.25) is 0 Å². The number of aromatic nitrogens is 1. The van der Waals surface area contributed by atoms with Crippen LogP contribution in [0.25, 0.3) is 60.9 Å². The Hall–Kier alpha value is -6.64. The van der Waals surface area contributed by atoms with Crippen LogP contribution in [0.1, 0.15) is 25.0 Å². The van der Waals surface area contributed by atoms with E-state index in [1.54, 1.807) is 0 Å². The minimum absolute atomic E-state index is 0.186. The predicted octanol–water partition coefficient (Wildman–Crippen LogP) is 13.9. The number of hydrogen-bond donors (Lipinski definition) is 0. The lowest BCUT2D eigenvalue weighted by atomic mass is 9.73. The van der Waals surface area contributed by atoms with Crippen LogP contribution >= 0.6 is 0 Å². The maximum Gasteiger partial charge on any atom is 0.0541 e. The topological polar surface area (TPSA) is 8.17 Å². The van der Waals surface area contributed by atoms with Gasteiger partial charge in [0.25, 0.3) is 0 Å². The van der Waals surface area contributed by atoms with Crippen LogP contribution in [-0.4, -0.2) is 4.57 Å². The van der Waals surface area contributed by atoms with Crippen molar-refractivity contribution >= 4 is 38.9 Å². The molecule has 0 saturated carbocycles. The average molecular weight is 679 g/mol. The van der Waals surface area contributed by atoms with E-state index in [1.165, 1.54) is 77.7 Å². The molecule has 0 aliphatic carbocycles. The zero-order valence-corrected chi connectivity index (χ0v) is 29.9. The number of anilines is 3. The lowest BCUT2D eigenvalue weighted by Crippen LogP contribution is -2.30. The zero-order valence-electron chi connectivity index (χ0n) is 29.9. The van der Waals surface area contributed by atoms with Crippen molar-refractivity contribution in [3.63, 3.8) is 0 Å². The number of rotatable bonds is 5. The van der Waals surface area contributed by atoms with Crippen molar-refractivity contribution in [2.24, 2.45) is 0 Å². The van der Waals surface area contributed by atoms with Crippen molar-refractivity contribution in [1.82, 2.24) is 4.57 Å². The second-order valence-corrected chi connectivity index (χ2v) is 14.6. The van der Waals surface area contributed by atoms with Crippen molar-refractivity contribution in [1.29, 1.82) is 0 Å². The molecule has 0 fully saturated rings. The highest BCUT2D eigenvalue weighted by molar-refractivity contribution is 6.10. The van der Waals surface area contributed by atoms with Crippen LogP contribution < -0.4 is 4.90 Å². The predicted molar refractivity (Wildman–Crippen MR) is 224 cm³/mol.